The minimum absolute atomic E-state index is 0.0657. The highest BCUT2D eigenvalue weighted by Crippen LogP contribution is 2.24. The smallest absolute Gasteiger partial charge is 0.240 e. The maximum atomic E-state index is 13.3. The molecule has 0 radical (unpaired) electrons. The van der Waals surface area contributed by atoms with Crippen LogP contribution >= 0.6 is 11.6 Å². The molecule has 1 amide bonds. The van der Waals surface area contributed by atoms with E-state index in [9.17, 15) is 9.18 Å². The Balaban J connectivity index is 1.34. The fourth-order valence-corrected chi connectivity index (χ4v) is 4.19. The number of anilines is 1. The summed E-state index contributed by atoms with van der Waals surface area (Å²) >= 11 is 5.86. The normalized spacial score (nSPS) is 20.8. The third-order valence-electron chi connectivity index (χ3n) is 5.60. The highest BCUT2D eigenvalue weighted by atomic mass is 35.5. The molecule has 0 saturated carbocycles. The van der Waals surface area contributed by atoms with Crippen molar-refractivity contribution in [1.29, 1.82) is 0 Å². The highest BCUT2D eigenvalue weighted by molar-refractivity contribution is 6.30. The summed E-state index contributed by atoms with van der Waals surface area (Å²) in [6.07, 6.45) is 2.72. The van der Waals surface area contributed by atoms with Gasteiger partial charge in [-0.2, -0.15) is 0 Å². The number of hydrogen-bond acceptors (Lipinski definition) is 4. The van der Waals surface area contributed by atoms with Gasteiger partial charge in [-0.3, -0.25) is 9.69 Å². The number of pyridine rings is 1. The molecule has 0 spiro atoms. The van der Waals surface area contributed by atoms with Gasteiger partial charge in [-0.1, -0.05) is 23.7 Å². The molecule has 0 N–H and O–H groups in total. The van der Waals surface area contributed by atoms with Gasteiger partial charge < -0.3 is 9.80 Å². The molecule has 2 aromatic rings. The number of likely N-dealkylation sites (tertiary alicyclic amines) is 1. The van der Waals surface area contributed by atoms with Gasteiger partial charge in [0.25, 0.3) is 0 Å². The predicted molar refractivity (Wildman–Crippen MR) is 108 cm³/mol. The molecule has 1 atom stereocenters. The third kappa shape index (κ3) is 3.98. The SMILES string of the molecule is Cc1ccc(N2CCN(C3CCN(Cc4ccc(F)c(Cl)c4)C3=O)CC2)nc1. The van der Waals surface area contributed by atoms with Gasteiger partial charge in [0.15, 0.2) is 0 Å². The van der Waals surface area contributed by atoms with E-state index in [1.54, 1.807) is 12.1 Å². The first-order valence-corrected chi connectivity index (χ1v) is 10.0. The van der Waals surface area contributed by atoms with E-state index >= 15 is 0 Å². The molecule has 0 bridgehead atoms. The Morgan fingerprint density at radius 2 is 1.93 bits per heavy atom. The molecule has 4 rings (SSSR count). The summed E-state index contributed by atoms with van der Waals surface area (Å²) in [5.41, 5.74) is 2.01. The van der Waals surface area contributed by atoms with E-state index in [1.807, 2.05) is 18.0 Å². The molecule has 2 aliphatic rings. The summed E-state index contributed by atoms with van der Waals surface area (Å²) in [6.45, 7) is 6.66. The fraction of sp³-hybridized carbons (Fsp3) is 0.429. The lowest BCUT2D eigenvalue weighted by molar-refractivity contribution is -0.132. The number of aromatic nitrogens is 1. The summed E-state index contributed by atoms with van der Waals surface area (Å²) in [4.78, 5) is 23.8. The van der Waals surface area contributed by atoms with Gasteiger partial charge >= 0.3 is 0 Å². The van der Waals surface area contributed by atoms with E-state index in [0.717, 1.165) is 56.1 Å². The lowest BCUT2D eigenvalue weighted by Gasteiger charge is -2.37. The Morgan fingerprint density at radius 1 is 1.14 bits per heavy atom. The molecule has 28 heavy (non-hydrogen) atoms. The Morgan fingerprint density at radius 3 is 2.61 bits per heavy atom. The van der Waals surface area contributed by atoms with Crippen molar-refractivity contribution in [3.05, 3.63) is 58.5 Å². The molecule has 1 aromatic heterocycles. The van der Waals surface area contributed by atoms with Crippen LogP contribution in [0.25, 0.3) is 0 Å². The number of benzene rings is 1. The number of hydrogen-bond donors (Lipinski definition) is 0. The Hall–Kier alpha value is -2.18. The van der Waals surface area contributed by atoms with E-state index in [2.05, 4.69) is 26.9 Å². The number of carbonyl (C=O) groups excluding carboxylic acids is 1. The second-order valence-corrected chi connectivity index (χ2v) is 7.94. The molecule has 1 aromatic carbocycles. The number of carbonyl (C=O) groups is 1. The number of nitrogens with zero attached hydrogens (tertiary/aromatic N) is 4. The Labute approximate surface area is 169 Å². The maximum Gasteiger partial charge on any atom is 0.240 e. The first-order chi connectivity index (χ1) is 13.5. The van der Waals surface area contributed by atoms with E-state index in [4.69, 9.17) is 11.6 Å². The van der Waals surface area contributed by atoms with Gasteiger partial charge in [0.1, 0.15) is 11.6 Å². The van der Waals surface area contributed by atoms with Crippen molar-refractivity contribution in [2.75, 3.05) is 37.6 Å². The second kappa shape index (κ2) is 8.05. The van der Waals surface area contributed by atoms with Crippen molar-refractivity contribution >= 4 is 23.3 Å². The quantitative estimate of drug-likeness (QED) is 0.787. The van der Waals surface area contributed by atoms with Gasteiger partial charge in [-0.25, -0.2) is 9.37 Å². The molecular weight excluding hydrogens is 379 g/mol. The van der Waals surface area contributed by atoms with Gasteiger partial charge in [0.05, 0.1) is 11.1 Å². The summed E-state index contributed by atoms with van der Waals surface area (Å²) in [5, 5.41) is 0.0986. The van der Waals surface area contributed by atoms with Gasteiger partial charge in [0, 0.05) is 45.5 Å². The molecule has 148 valence electrons. The van der Waals surface area contributed by atoms with Crippen LogP contribution in [0.4, 0.5) is 10.2 Å². The number of rotatable bonds is 4. The fourth-order valence-electron chi connectivity index (χ4n) is 3.99. The van der Waals surface area contributed by atoms with Crippen LogP contribution in [0.2, 0.25) is 5.02 Å². The van der Waals surface area contributed by atoms with Gasteiger partial charge in [-0.15, -0.1) is 0 Å². The molecule has 2 fully saturated rings. The first kappa shape index (κ1) is 19.2. The average molecular weight is 403 g/mol. The van der Waals surface area contributed by atoms with E-state index in [0.29, 0.717) is 6.54 Å². The topological polar surface area (TPSA) is 39.7 Å². The monoisotopic (exact) mass is 402 g/mol. The van der Waals surface area contributed by atoms with Crippen LogP contribution in [-0.4, -0.2) is 59.5 Å². The standard InChI is InChI=1S/C21H24ClFN4O/c1-15-2-5-20(24-13-15)26-10-8-25(9-11-26)19-6-7-27(21(19)28)14-16-3-4-18(23)17(22)12-16/h2-5,12-13,19H,6-11,14H2,1H3. The largest absolute Gasteiger partial charge is 0.354 e. The van der Waals surface area contributed by atoms with E-state index in [-0.39, 0.29) is 17.0 Å². The maximum absolute atomic E-state index is 13.3. The Bertz CT molecular complexity index is 852. The van der Waals surface area contributed by atoms with Crippen molar-refractivity contribution in [3.8, 4) is 0 Å². The van der Waals surface area contributed by atoms with Gasteiger partial charge in [0.2, 0.25) is 5.91 Å². The average Bonchev–Trinajstić information content (AvgIpc) is 3.06. The molecular formula is C21H24ClFN4O. The minimum atomic E-state index is -0.433. The number of aryl methyl sites for hydroxylation is 1. The van der Waals surface area contributed by atoms with Crippen LogP contribution in [0.5, 0.6) is 0 Å². The van der Waals surface area contributed by atoms with Crippen molar-refractivity contribution in [3.63, 3.8) is 0 Å². The molecule has 2 aliphatic heterocycles. The zero-order chi connectivity index (χ0) is 19.7. The molecule has 2 saturated heterocycles. The lowest BCUT2D eigenvalue weighted by Crippen LogP contribution is -2.52. The van der Waals surface area contributed by atoms with Crippen molar-refractivity contribution in [1.82, 2.24) is 14.8 Å². The third-order valence-corrected chi connectivity index (χ3v) is 5.89. The van der Waals surface area contributed by atoms with Gasteiger partial charge in [-0.05, 0) is 42.7 Å². The second-order valence-electron chi connectivity index (χ2n) is 7.53. The predicted octanol–water partition coefficient (Wildman–Crippen LogP) is 3.11. The zero-order valence-corrected chi connectivity index (χ0v) is 16.7. The van der Waals surface area contributed by atoms with Crippen molar-refractivity contribution in [2.45, 2.75) is 25.9 Å². The summed E-state index contributed by atoms with van der Waals surface area (Å²) in [5.74, 6) is 0.720. The number of piperazine rings is 1. The minimum Gasteiger partial charge on any atom is -0.354 e. The Kier molecular flexibility index (Phi) is 5.51. The summed E-state index contributed by atoms with van der Waals surface area (Å²) < 4.78 is 13.3. The molecule has 0 aliphatic carbocycles. The summed E-state index contributed by atoms with van der Waals surface area (Å²) in [7, 11) is 0. The van der Waals surface area contributed by atoms with Crippen LogP contribution in [0.3, 0.4) is 0 Å². The van der Waals surface area contributed by atoms with Crippen LogP contribution in [0.15, 0.2) is 36.5 Å². The van der Waals surface area contributed by atoms with Crippen molar-refractivity contribution in [2.24, 2.45) is 0 Å². The molecule has 7 heteroatoms. The number of amides is 1. The van der Waals surface area contributed by atoms with Crippen molar-refractivity contribution < 1.29 is 9.18 Å². The summed E-state index contributed by atoms with van der Waals surface area (Å²) in [6, 6.07) is 8.72. The number of halogens is 2. The molecule has 1 unspecified atom stereocenters. The highest BCUT2D eigenvalue weighted by Gasteiger charge is 2.37. The van der Waals surface area contributed by atoms with Crippen LogP contribution in [-0.2, 0) is 11.3 Å². The lowest BCUT2D eigenvalue weighted by atomic mass is 10.1. The molecule has 5 nitrogen and oxygen atoms in total. The van der Waals surface area contributed by atoms with E-state index < -0.39 is 5.82 Å². The zero-order valence-electron chi connectivity index (χ0n) is 15.9. The van der Waals surface area contributed by atoms with E-state index in [1.165, 1.54) is 6.07 Å². The van der Waals surface area contributed by atoms with Crippen LogP contribution < -0.4 is 4.90 Å². The first-order valence-electron chi connectivity index (χ1n) is 9.65. The molecule has 3 heterocycles. The van der Waals surface area contributed by atoms with Crippen LogP contribution in [0, 0.1) is 12.7 Å². The van der Waals surface area contributed by atoms with Crippen LogP contribution in [0.1, 0.15) is 17.5 Å².